The third-order valence-corrected chi connectivity index (χ3v) is 2.69. The first kappa shape index (κ1) is 12.3. The Bertz CT molecular complexity index is 232. The fraction of sp³-hybridized carbons (Fsp3) is 0.889. The van der Waals surface area contributed by atoms with Gasteiger partial charge in [-0.1, -0.05) is 6.92 Å². The minimum atomic E-state index is -3.23. The average molecular weight is 222 g/mol. The van der Waals surface area contributed by atoms with Crippen LogP contribution in [0.25, 0.3) is 0 Å². The average Bonchev–Trinajstić information content (AvgIpc) is 2.11. The zero-order chi connectivity index (χ0) is 11.5. The number of alkyl halides is 2. The molecule has 0 spiro atoms. The van der Waals surface area contributed by atoms with Gasteiger partial charge in [0.1, 0.15) is 6.61 Å². The second-order valence-corrected chi connectivity index (χ2v) is 3.94. The normalized spacial score (nSPS) is 19.5. The van der Waals surface area contributed by atoms with E-state index in [1.54, 1.807) is 6.92 Å². The first-order chi connectivity index (χ1) is 6.96. The quantitative estimate of drug-likeness (QED) is 0.592. The number of hydrogen-bond acceptors (Lipinski definition) is 3. The van der Waals surface area contributed by atoms with E-state index in [1.807, 2.05) is 0 Å². The molecule has 0 aromatic heterocycles. The van der Waals surface area contributed by atoms with Crippen LogP contribution in [0.4, 0.5) is 8.78 Å². The Morgan fingerprint density at radius 3 is 2.67 bits per heavy atom. The summed E-state index contributed by atoms with van der Waals surface area (Å²) in [6.07, 6.45) is 0. The third-order valence-electron chi connectivity index (χ3n) is 2.69. The molecule has 1 heterocycles. The van der Waals surface area contributed by atoms with Crippen LogP contribution in [0.15, 0.2) is 0 Å². The number of aliphatic hydroxyl groups is 1. The van der Waals surface area contributed by atoms with Gasteiger partial charge in [-0.05, 0) is 19.0 Å². The van der Waals surface area contributed by atoms with Crippen molar-refractivity contribution in [2.45, 2.75) is 12.8 Å². The lowest BCUT2D eigenvalue weighted by Gasteiger charge is -2.32. The molecule has 1 fully saturated rings. The molecule has 15 heavy (non-hydrogen) atoms. The fourth-order valence-electron chi connectivity index (χ4n) is 1.31. The molecular weight excluding hydrogens is 206 g/mol. The highest BCUT2D eigenvalue weighted by Crippen LogP contribution is 2.16. The van der Waals surface area contributed by atoms with E-state index in [2.05, 4.69) is 10.6 Å². The zero-order valence-corrected chi connectivity index (χ0v) is 8.59. The van der Waals surface area contributed by atoms with Crippen molar-refractivity contribution in [3.8, 4) is 0 Å². The highest BCUT2D eigenvalue weighted by atomic mass is 19.3. The van der Waals surface area contributed by atoms with E-state index in [0.717, 1.165) is 13.1 Å². The summed E-state index contributed by atoms with van der Waals surface area (Å²) in [6, 6.07) is 0. The molecule has 0 bridgehead atoms. The Kier molecular flexibility index (Phi) is 3.98. The summed E-state index contributed by atoms with van der Waals surface area (Å²) in [5, 5.41) is 13.5. The maximum Gasteiger partial charge on any atom is 0.287 e. The topological polar surface area (TPSA) is 61.4 Å². The number of aliphatic hydroxyl groups excluding tert-OH is 1. The zero-order valence-electron chi connectivity index (χ0n) is 8.59. The Balaban J connectivity index is 2.28. The van der Waals surface area contributed by atoms with E-state index >= 15 is 0 Å². The second-order valence-electron chi connectivity index (χ2n) is 3.94. The Morgan fingerprint density at radius 2 is 2.27 bits per heavy atom. The van der Waals surface area contributed by atoms with Crippen LogP contribution < -0.4 is 10.6 Å². The van der Waals surface area contributed by atoms with Crippen LogP contribution >= 0.6 is 0 Å². The van der Waals surface area contributed by atoms with Crippen molar-refractivity contribution < 1.29 is 18.7 Å². The van der Waals surface area contributed by atoms with Gasteiger partial charge in [0.2, 0.25) is 5.91 Å². The number of carbonyl (C=O) groups is 1. The van der Waals surface area contributed by atoms with Gasteiger partial charge >= 0.3 is 0 Å². The fourth-order valence-corrected chi connectivity index (χ4v) is 1.31. The van der Waals surface area contributed by atoms with Crippen molar-refractivity contribution in [3.05, 3.63) is 0 Å². The first-order valence-electron chi connectivity index (χ1n) is 4.93. The lowest BCUT2D eigenvalue weighted by molar-refractivity contribution is -0.129. The van der Waals surface area contributed by atoms with Gasteiger partial charge in [-0.3, -0.25) is 4.79 Å². The summed E-state index contributed by atoms with van der Waals surface area (Å²) in [5.74, 6) is -3.64. The van der Waals surface area contributed by atoms with Crippen LogP contribution in [0.5, 0.6) is 0 Å². The van der Waals surface area contributed by atoms with Crippen LogP contribution in [-0.2, 0) is 4.79 Å². The molecule has 1 aliphatic rings. The standard InChI is InChI=1S/C9H16F2N2O2/c1-6(7-2-12-3-7)8(15)13-4-9(10,11)5-14/h6-7,12,14H,2-5H2,1H3,(H,13,15). The molecule has 1 saturated heterocycles. The molecule has 0 saturated carbocycles. The molecule has 6 heteroatoms. The lowest BCUT2D eigenvalue weighted by Crippen LogP contribution is -2.51. The van der Waals surface area contributed by atoms with E-state index < -0.39 is 19.1 Å². The molecular formula is C9H16F2N2O2. The van der Waals surface area contributed by atoms with E-state index in [1.165, 1.54) is 0 Å². The SMILES string of the molecule is CC(C(=O)NCC(F)(F)CO)C1CNC1. The number of nitrogens with one attached hydrogen (secondary N) is 2. The van der Waals surface area contributed by atoms with Crippen LogP contribution in [0.3, 0.4) is 0 Å². The molecule has 1 rings (SSSR count). The molecule has 0 aromatic carbocycles. The number of carbonyl (C=O) groups excluding carboxylic acids is 1. The predicted molar refractivity (Wildman–Crippen MR) is 50.6 cm³/mol. The van der Waals surface area contributed by atoms with Gasteiger partial charge < -0.3 is 15.7 Å². The summed E-state index contributed by atoms with van der Waals surface area (Å²) in [4.78, 5) is 11.4. The van der Waals surface area contributed by atoms with Gasteiger partial charge in [0, 0.05) is 5.92 Å². The van der Waals surface area contributed by atoms with E-state index in [4.69, 9.17) is 5.11 Å². The molecule has 1 unspecified atom stereocenters. The molecule has 1 atom stereocenters. The van der Waals surface area contributed by atoms with Gasteiger partial charge in [0.05, 0.1) is 6.54 Å². The first-order valence-corrected chi connectivity index (χ1v) is 4.93. The number of rotatable bonds is 5. The molecule has 1 aliphatic heterocycles. The highest BCUT2D eigenvalue weighted by Gasteiger charge is 2.32. The smallest absolute Gasteiger partial charge is 0.287 e. The van der Waals surface area contributed by atoms with Gasteiger partial charge in [0.15, 0.2) is 0 Å². The van der Waals surface area contributed by atoms with E-state index in [-0.39, 0.29) is 17.7 Å². The van der Waals surface area contributed by atoms with Crippen molar-refractivity contribution in [3.63, 3.8) is 0 Å². The summed E-state index contributed by atoms with van der Waals surface area (Å²) >= 11 is 0. The molecule has 0 aromatic rings. The monoisotopic (exact) mass is 222 g/mol. The van der Waals surface area contributed by atoms with Gasteiger partial charge in [0.25, 0.3) is 5.92 Å². The molecule has 3 N–H and O–H groups in total. The van der Waals surface area contributed by atoms with Crippen LogP contribution in [0.1, 0.15) is 6.92 Å². The highest BCUT2D eigenvalue weighted by molar-refractivity contribution is 5.78. The van der Waals surface area contributed by atoms with Gasteiger partial charge in [-0.25, -0.2) is 8.78 Å². The van der Waals surface area contributed by atoms with Gasteiger partial charge in [-0.15, -0.1) is 0 Å². The molecule has 1 amide bonds. The van der Waals surface area contributed by atoms with Crippen molar-refractivity contribution >= 4 is 5.91 Å². The van der Waals surface area contributed by atoms with Crippen molar-refractivity contribution in [1.29, 1.82) is 0 Å². The van der Waals surface area contributed by atoms with E-state index in [0.29, 0.717) is 0 Å². The van der Waals surface area contributed by atoms with Crippen LogP contribution in [0.2, 0.25) is 0 Å². The summed E-state index contributed by atoms with van der Waals surface area (Å²) in [5.41, 5.74) is 0. The maximum atomic E-state index is 12.6. The number of amides is 1. The molecule has 0 radical (unpaired) electrons. The van der Waals surface area contributed by atoms with Crippen LogP contribution in [-0.4, -0.2) is 43.2 Å². The largest absolute Gasteiger partial charge is 0.390 e. The minimum absolute atomic E-state index is 0.229. The lowest BCUT2D eigenvalue weighted by atomic mass is 9.88. The minimum Gasteiger partial charge on any atom is -0.390 e. The molecule has 0 aliphatic carbocycles. The number of halogens is 2. The summed E-state index contributed by atoms with van der Waals surface area (Å²) in [6.45, 7) is 1.19. The Hall–Kier alpha value is -0.750. The van der Waals surface area contributed by atoms with Crippen molar-refractivity contribution in [2.75, 3.05) is 26.2 Å². The predicted octanol–water partition coefficient (Wildman–Crippen LogP) is -0.414. The van der Waals surface area contributed by atoms with Crippen molar-refractivity contribution in [2.24, 2.45) is 11.8 Å². The van der Waals surface area contributed by atoms with Crippen LogP contribution in [0, 0.1) is 11.8 Å². The van der Waals surface area contributed by atoms with Crippen molar-refractivity contribution in [1.82, 2.24) is 10.6 Å². The Morgan fingerprint density at radius 1 is 1.67 bits per heavy atom. The Labute approximate surface area is 87.0 Å². The molecule has 4 nitrogen and oxygen atoms in total. The summed E-state index contributed by atoms with van der Waals surface area (Å²) in [7, 11) is 0. The third kappa shape index (κ3) is 3.39. The number of hydrogen-bond donors (Lipinski definition) is 3. The van der Waals surface area contributed by atoms with E-state index in [9.17, 15) is 13.6 Å². The second kappa shape index (κ2) is 4.85. The molecule has 88 valence electrons. The summed E-state index contributed by atoms with van der Waals surface area (Å²) < 4.78 is 25.2. The van der Waals surface area contributed by atoms with Gasteiger partial charge in [-0.2, -0.15) is 0 Å². The maximum absolute atomic E-state index is 12.6.